The normalized spacial score (nSPS) is 15.4. The Morgan fingerprint density at radius 3 is 2.31 bits per heavy atom. The van der Waals surface area contributed by atoms with Crippen LogP contribution in [-0.2, 0) is 0 Å². The fraction of sp³-hybridized carbons (Fsp3) is 0.571. The van der Waals surface area contributed by atoms with Crippen molar-refractivity contribution in [1.82, 2.24) is 4.90 Å². The second-order valence-corrected chi connectivity index (χ2v) is 2.38. The van der Waals surface area contributed by atoms with Gasteiger partial charge >= 0.3 is 6.18 Å². The highest BCUT2D eigenvalue weighted by Gasteiger charge is 2.39. The predicted molar refractivity (Wildman–Crippen MR) is 43.1 cm³/mol. The van der Waals surface area contributed by atoms with Crippen LogP contribution in [0.5, 0.6) is 0 Å². The van der Waals surface area contributed by atoms with Crippen LogP contribution < -0.4 is 0 Å². The summed E-state index contributed by atoms with van der Waals surface area (Å²) in [5, 5.41) is 8.89. The zero-order valence-electron chi connectivity index (χ0n) is 7.34. The van der Waals surface area contributed by atoms with Crippen LogP contribution in [-0.4, -0.2) is 35.3 Å². The quantitative estimate of drug-likeness (QED) is 0.411. The zero-order chi connectivity index (χ0) is 10.6. The Labute approximate surface area is 74.2 Å². The van der Waals surface area contributed by atoms with Crippen molar-refractivity contribution in [3.8, 4) is 0 Å². The van der Waals surface area contributed by atoms with Crippen LogP contribution >= 0.6 is 0 Å². The number of hydrogen-bond acceptors (Lipinski definition) is 2. The summed E-state index contributed by atoms with van der Waals surface area (Å²) in [4.78, 5) is 3.65. The van der Waals surface area contributed by atoms with Crippen molar-refractivity contribution in [2.45, 2.75) is 19.3 Å². The first-order valence-electron chi connectivity index (χ1n) is 3.47. The van der Waals surface area contributed by atoms with Gasteiger partial charge in [-0.25, -0.2) is 4.99 Å². The van der Waals surface area contributed by atoms with E-state index in [1.54, 1.807) is 0 Å². The van der Waals surface area contributed by atoms with Gasteiger partial charge in [0.05, 0.1) is 0 Å². The summed E-state index contributed by atoms with van der Waals surface area (Å²) in [6.45, 7) is 4.27. The molecular formula is C7H11F3N2O. The summed E-state index contributed by atoms with van der Waals surface area (Å²) in [6.07, 6.45) is -5.05. The van der Waals surface area contributed by atoms with Gasteiger partial charge in [0.1, 0.15) is 6.23 Å². The molecule has 0 heterocycles. The number of hydrogen-bond donors (Lipinski definition) is 1. The van der Waals surface area contributed by atoms with Crippen LogP contribution in [0.2, 0.25) is 0 Å². The van der Waals surface area contributed by atoms with Crippen molar-refractivity contribution in [2.24, 2.45) is 4.99 Å². The van der Waals surface area contributed by atoms with E-state index in [4.69, 9.17) is 5.11 Å². The van der Waals surface area contributed by atoms with Crippen molar-refractivity contribution in [1.29, 1.82) is 0 Å². The van der Waals surface area contributed by atoms with Gasteiger partial charge in [-0.3, -0.25) is 0 Å². The van der Waals surface area contributed by atoms with Gasteiger partial charge in [0.2, 0.25) is 5.84 Å². The molecule has 0 aliphatic rings. The molecule has 3 nitrogen and oxygen atoms in total. The van der Waals surface area contributed by atoms with Gasteiger partial charge < -0.3 is 10.0 Å². The number of amidine groups is 1. The molecular weight excluding hydrogens is 185 g/mol. The van der Waals surface area contributed by atoms with Gasteiger partial charge in [-0.15, -0.1) is 0 Å². The molecule has 0 aromatic heterocycles. The molecule has 0 amide bonds. The molecule has 1 unspecified atom stereocenters. The highest BCUT2D eigenvalue weighted by atomic mass is 19.4. The van der Waals surface area contributed by atoms with Crippen LogP contribution in [0.25, 0.3) is 0 Å². The molecule has 1 N–H and O–H groups in total. The van der Waals surface area contributed by atoms with Crippen LogP contribution in [0.3, 0.4) is 0 Å². The van der Waals surface area contributed by atoms with Crippen molar-refractivity contribution >= 4 is 5.84 Å². The Morgan fingerprint density at radius 1 is 1.62 bits per heavy atom. The molecule has 0 aromatic rings. The number of alkyl halides is 3. The fourth-order valence-electron chi connectivity index (χ4n) is 0.628. The predicted octanol–water partition coefficient (Wildman–Crippen LogP) is 1.36. The van der Waals surface area contributed by atoms with Crippen molar-refractivity contribution in [3.05, 3.63) is 12.8 Å². The van der Waals surface area contributed by atoms with Gasteiger partial charge in [0, 0.05) is 13.2 Å². The van der Waals surface area contributed by atoms with Crippen molar-refractivity contribution in [2.75, 3.05) is 7.05 Å². The first-order valence-corrected chi connectivity index (χ1v) is 3.47. The molecule has 76 valence electrons. The van der Waals surface area contributed by atoms with E-state index in [1.807, 2.05) is 0 Å². The lowest BCUT2D eigenvalue weighted by Gasteiger charge is -2.24. The Hall–Kier alpha value is -1.04. The number of halogens is 3. The third-order valence-corrected chi connectivity index (χ3v) is 1.36. The summed E-state index contributed by atoms with van der Waals surface area (Å²) in [6, 6.07) is 0. The summed E-state index contributed by atoms with van der Waals surface area (Å²) in [5.41, 5.74) is 0. The highest BCUT2D eigenvalue weighted by molar-refractivity contribution is 5.88. The van der Waals surface area contributed by atoms with E-state index in [1.165, 1.54) is 6.92 Å². The lowest BCUT2D eigenvalue weighted by atomic mass is 10.4. The zero-order valence-corrected chi connectivity index (χ0v) is 7.34. The molecule has 0 saturated heterocycles. The van der Waals surface area contributed by atoms with E-state index >= 15 is 0 Å². The number of aliphatic hydroxyl groups is 1. The molecule has 0 radical (unpaired) electrons. The average Bonchev–Trinajstić information content (AvgIpc) is 1.96. The molecule has 0 aromatic carbocycles. The standard InChI is InChI=1S/C7H11F3N2O/c1-4-11-6(7(8,9)10)12(3)5(2)13/h4-5,13H,1H2,2-3H3/b11-6-. The molecule has 0 rings (SSSR count). The Kier molecular flexibility index (Phi) is 3.93. The molecule has 0 saturated carbocycles. The second-order valence-electron chi connectivity index (χ2n) is 2.38. The van der Waals surface area contributed by atoms with E-state index < -0.39 is 18.2 Å². The first-order chi connectivity index (χ1) is 5.80. The van der Waals surface area contributed by atoms with Crippen LogP contribution in [0, 0.1) is 0 Å². The first kappa shape index (κ1) is 12.0. The maximum absolute atomic E-state index is 12.2. The van der Waals surface area contributed by atoms with Gasteiger partial charge in [-0.05, 0) is 6.92 Å². The van der Waals surface area contributed by atoms with Crippen molar-refractivity contribution in [3.63, 3.8) is 0 Å². The Bertz CT molecular complexity index is 210. The smallest absolute Gasteiger partial charge is 0.374 e. The highest BCUT2D eigenvalue weighted by Crippen LogP contribution is 2.20. The van der Waals surface area contributed by atoms with Gasteiger partial charge in [-0.2, -0.15) is 13.2 Å². The Morgan fingerprint density at radius 2 is 2.08 bits per heavy atom. The molecule has 0 aliphatic heterocycles. The molecule has 0 bridgehead atoms. The molecule has 6 heteroatoms. The SMILES string of the molecule is C=C/N=C(\N(C)C(C)O)C(F)(F)F. The van der Waals surface area contributed by atoms with Gasteiger partial charge in [0.15, 0.2) is 0 Å². The fourth-order valence-corrected chi connectivity index (χ4v) is 0.628. The lowest BCUT2D eigenvalue weighted by Crippen LogP contribution is -2.43. The minimum atomic E-state index is -4.58. The Balaban J connectivity index is 4.83. The molecule has 0 aliphatic carbocycles. The monoisotopic (exact) mass is 196 g/mol. The van der Waals surface area contributed by atoms with Crippen LogP contribution in [0.1, 0.15) is 6.92 Å². The largest absolute Gasteiger partial charge is 0.449 e. The number of rotatable bonds is 2. The summed E-state index contributed by atoms with van der Waals surface area (Å²) in [7, 11) is 1.10. The summed E-state index contributed by atoms with van der Waals surface area (Å²) in [5.74, 6) is -1.17. The minimum absolute atomic E-state index is 0.613. The second kappa shape index (κ2) is 4.27. The molecule has 0 spiro atoms. The molecule has 13 heavy (non-hydrogen) atoms. The molecule has 1 atom stereocenters. The third kappa shape index (κ3) is 3.45. The van der Waals surface area contributed by atoms with E-state index in [-0.39, 0.29) is 0 Å². The summed E-state index contributed by atoms with van der Waals surface area (Å²) >= 11 is 0. The maximum atomic E-state index is 12.2. The summed E-state index contributed by atoms with van der Waals surface area (Å²) < 4.78 is 36.6. The van der Waals surface area contributed by atoms with E-state index in [2.05, 4.69) is 11.6 Å². The minimum Gasteiger partial charge on any atom is -0.374 e. The number of aliphatic imine (C=N–C) groups is 1. The number of aliphatic hydroxyl groups excluding tert-OH is 1. The van der Waals surface area contributed by atoms with E-state index in [0.717, 1.165) is 13.2 Å². The number of nitrogens with zero attached hydrogens (tertiary/aromatic N) is 2. The lowest BCUT2D eigenvalue weighted by molar-refractivity contribution is -0.0759. The van der Waals surface area contributed by atoms with E-state index in [0.29, 0.717) is 4.90 Å². The maximum Gasteiger partial charge on any atom is 0.449 e. The van der Waals surface area contributed by atoms with Crippen LogP contribution in [0.4, 0.5) is 13.2 Å². The van der Waals surface area contributed by atoms with Gasteiger partial charge in [-0.1, -0.05) is 6.58 Å². The molecule has 0 fully saturated rings. The van der Waals surface area contributed by atoms with Gasteiger partial charge in [0.25, 0.3) is 0 Å². The topological polar surface area (TPSA) is 35.8 Å². The average molecular weight is 196 g/mol. The third-order valence-electron chi connectivity index (χ3n) is 1.36. The van der Waals surface area contributed by atoms with Crippen LogP contribution in [0.15, 0.2) is 17.8 Å². The van der Waals surface area contributed by atoms with E-state index in [9.17, 15) is 13.2 Å². The van der Waals surface area contributed by atoms with Crippen molar-refractivity contribution < 1.29 is 18.3 Å².